The molecule has 4 heteroatoms. The molecule has 1 atom stereocenters. The molecule has 0 aliphatic carbocycles. The van der Waals surface area contributed by atoms with Crippen LogP contribution in [0.15, 0.2) is 65.1 Å². The molecule has 24 heavy (non-hydrogen) atoms. The van der Waals surface area contributed by atoms with E-state index in [0.29, 0.717) is 0 Å². The molecule has 0 radical (unpaired) electrons. The second kappa shape index (κ2) is 5.80. The summed E-state index contributed by atoms with van der Waals surface area (Å²) < 4.78 is 7.04. The number of para-hydroxylation sites is 1. The Kier molecular flexibility index (Phi) is 3.62. The number of nitrogens with zero attached hydrogens (tertiary/aromatic N) is 1. The Morgan fingerprint density at radius 2 is 1.75 bits per heavy atom. The Bertz CT molecular complexity index is 964. The van der Waals surface area contributed by atoms with Crippen LogP contribution in [0.3, 0.4) is 0 Å². The van der Waals surface area contributed by atoms with Gasteiger partial charge in [0.05, 0.1) is 10.9 Å². The average Bonchev–Trinajstić information content (AvgIpc) is 3.23. The van der Waals surface area contributed by atoms with Gasteiger partial charge < -0.3 is 9.32 Å². The van der Waals surface area contributed by atoms with Gasteiger partial charge >= 0.3 is 0 Å². The lowest BCUT2D eigenvalue weighted by molar-refractivity contribution is 0.0732. The number of fused-ring (bicyclic) bond motifs is 2. The molecule has 0 saturated carbocycles. The quantitative estimate of drug-likeness (QED) is 0.496. The summed E-state index contributed by atoms with van der Waals surface area (Å²) in [6.07, 6.45) is 0. The number of benzene rings is 2. The van der Waals surface area contributed by atoms with Crippen molar-refractivity contribution in [1.29, 1.82) is 0 Å². The second-order valence-corrected chi connectivity index (χ2v) is 7.01. The molecule has 2 heterocycles. The van der Waals surface area contributed by atoms with E-state index >= 15 is 0 Å². The van der Waals surface area contributed by atoms with Crippen molar-refractivity contribution in [2.24, 2.45) is 0 Å². The molecule has 0 saturated heterocycles. The minimum Gasteiger partial charge on any atom is -0.459 e. The molecule has 1 amide bonds. The minimum atomic E-state index is -0.130. The third kappa shape index (κ3) is 2.49. The molecule has 0 spiro atoms. The predicted octanol–water partition coefficient (Wildman–Crippen LogP) is 5.48. The standard InChI is InChI=1S/C20H17NO2S/c1-13(17-11-14-7-3-5-9-16(14)23-17)21(2)20(22)19-12-15-8-4-6-10-18(15)24-19/h3-13H,1-2H3. The zero-order valence-corrected chi connectivity index (χ0v) is 14.3. The Labute approximate surface area is 144 Å². The smallest absolute Gasteiger partial charge is 0.264 e. The van der Waals surface area contributed by atoms with Gasteiger partial charge in [0.25, 0.3) is 5.91 Å². The molecular weight excluding hydrogens is 318 g/mol. The first-order chi connectivity index (χ1) is 11.6. The van der Waals surface area contributed by atoms with Crippen molar-refractivity contribution < 1.29 is 9.21 Å². The summed E-state index contributed by atoms with van der Waals surface area (Å²) in [5.41, 5.74) is 0.849. The van der Waals surface area contributed by atoms with Crippen LogP contribution in [0.25, 0.3) is 21.1 Å². The molecule has 0 aliphatic heterocycles. The van der Waals surface area contributed by atoms with E-state index in [9.17, 15) is 4.79 Å². The van der Waals surface area contributed by atoms with E-state index < -0.39 is 0 Å². The molecule has 1 unspecified atom stereocenters. The summed E-state index contributed by atoms with van der Waals surface area (Å²) in [5.74, 6) is 0.817. The lowest BCUT2D eigenvalue weighted by Crippen LogP contribution is -2.28. The van der Waals surface area contributed by atoms with E-state index in [0.717, 1.165) is 31.7 Å². The SMILES string of the molecule is CC(c1cc2ccccc2o1)N(C)C(=O)c1cc2ccccc2s1. The van der Waals surface area contributed by atoms with Crippen LogP contribution >= 0.6 is 11.3 Å². The molecule has 0 fully saturated rings. The molecule has 2 aromatic heterocycles. The van der Waals surface area contributed by atoms with Crippen LogP contribution in [0.5, 0.6) is 0 Å². The van der Waals surface area contributed by atoms with Crippen molar-refractivity contribution in [1.82, 2.24) is 4.90 Å². The number of carbonyl (C=O) groups is 1. The number of hydrogen-bond acceptors (Lipinski definition) is 3. The molecule has 0 bridgehead atoms. The highest BCUT2D eigenvalue weighted by Crippen LogP contribution is 2.30. The van der Waals surface area contributed by atoms with Gasteiger partial charge in [0, 0.05) is 17.1 Å². The van der Waals surface area contributed by atoms with Crippen LogP contribution < -0.4 is 0 Å². The molecular formula is C20H17NO2S. The fourth-order valence-electron chi connectivity index (χ4n) is 2.84. The maximum absolute atomic E-state index is 12.8. The minimum absolute atomic E-state index is 0.0177. The van der Waals surface area contributed by atoms with Gasteiger partial charge in [0.15, 0.2) is 0 Å². The lowest BCUT2D eigenvalue weighted by atomic mass is 10.2. The van der Waals surface area contributed by atoms with Crippen LogP contribution in [-0.2, 0) is 0 Å². The number of furan rings is 1. The van der Waals surface area contributed by atoms with Crippen LogP contribution in [0.2, 0.25) is 0 Å². The summed E-state index contributed by atoms with van der Waals surface area (Å²) in [5, 5.41) is 2.16. The Morgan fingerprint density at radius 3 is 2.50 bits per heavy atom. The number of amides is 1. The molecule has 4 rings (SSSR count). The Morgan fingerprint density at radius 1 is 1.04 bits per heavy atom. The van der Waals surface area contributed by atoms with E-state index in [1.54, 1.807) is 4.90 Å². The van der Waals surface area contributed by atoms with Crippen molar-refractivity contribution >= 4 is 38.3 Å². The predicted molar refractivity (Wildman–Crippen MR) is 98.5 cm³/mol. The van der Waals surface area contributed by atoms with Crippen LogP contribution in [0.1, 0.15) is 28.4 Å². The first-order valence-corrected chi connectivity index (χ1v) is 8.69. The van der Waals surface area contributed by atoms with Crippen LogP contribution in [0, 0.1) is 0 Å². The third-order valence-electron chi connectivity index (χ3n) is 4.39. The first-order valence-electron chi connectivity index (χ1n) is 7.88. The van der Waals surface area contributed by atoms with E-state index in [1.807, 2.05) is 74.6 Å². The second-order valence-electron chi connectivity index (χ2n) is 5.93. The molecule has 4 aromatic rings. The van der Waals surface area contributed by atoms with E-state index in [-0.39, 0.29) is 11.9 Å². The fourth-order valence-corrected chi connectivity index (χ4v) is 3.88. The highest BCUT2D eigenvalue weighted by molar-refractivity contribution is 7.20. The van der Waals surface area contributed by atoms with E-state index in [1.165, 1.54) is 11.3 Å². The van der Waals surface area contributed by atoms with Gasteiger partial charge in [0.2, 0.25) is 0 Å². The van der Waals surface area contributed by atoms with Crippen molar-refractivity contribution in [3.8, 4) is 0 Å². The van der Waals surface area contributed by atoms with Crippen molar-refractivity contribution in [2.45, 2.75) is 13.0 Å². The average molecular weight is 335 g/mol. The summed E-state index contributed by atoms with van der Waals surface area (Å²) in [4.78, 5) is 15.3. The normalized spacial score (nSPS) is 12.6. The van der Waals surface area contributed by atoms with Gasteiger partial charge in [-0.15, -0.1) is 11.3 Å². The zero-order valence-electron chi connectivity index (χ0n) is 13.5. The highest BCUT2D eigenvalue weighted by atomic mass is 32.1. The Hall–Kier alpha value is -2.59. The van der Waals surface area contributed by atoms with Crippen molar-refractivity contribution in [2.75, 3.05) is 7.05 Å². The summed E-state index contributed by atoms with van der Waals surface area (Å²) in [6, 6.07) is 19.8. The van der Waals surface area contributed by atoms with Gasteiger partial charge in [-0.2, -0.15) is 0 Å². The molecule has 3 nitrogen and oxygen atoms in total. The van der Waals surface area contributed by atoms with Crippen LogP contribution in [0.4, 0.5) is 0 Å². The van der Waals surface area contributed by atoms with Crippen molar-refractivity contribution in [3.63, 3.8) is 0 Å². The number of hydrogen-bond donors (Lipinski definition) is 0. The zero-order chi connectivity index (χ0) is 16.7. The van der Waals surface area contributed by atoms with Gasteiger partial charge in [-0.3, -0.25) is 4.79 Å². The number of thiophene rings is 1. The van der Waals surface area contributed by atoms with E-state index in [2.05, 4.69) is 0 Å². The molecule has 2 aromatic carbocycles. The summed E-state index contributed by atoms with van der Waals surface area (Å²) in [6.45, 7) is 1.99. The van der Waals surface area contributed by atoms with Crippen LogP contribution in [-0.4, -0.2) is 17.9 Å². The maximum Gasteiger partial charge on any atom is 0.264 e. The fraction of sp³-hybridized carbons (Fsp3) is 0.150. The van der Waals surface area contributed by atoms with Gasteiger partial charge in [-0.1, -0.05) is 36.4 Å². The largest absolute Gasteiger partial charge is 0.459 e. The van der Waals surface area contributed by atoms with E-state index in [4.69, 9.17) is 4.42 Å². The third-order valence-corrected chi connectivity index (χ3v) is 5.50. The lowest BCUT2D eigenvalue weighted by Gasteiger charge is -2.22. The van der Waals surface area contributed by atoms with Crippen molar-refractivity contribution in [3.05, 3.63) is 71.3 Å². The molecule has 0 aliphatic rings. The molecule has 120 valence electrons. The molecule has 0 N–H and O–H groups in total. The monoisotopic (exact) mass is 335 g/mol. The number of carbonyl (C=O) groups excluding carboxylic acids is 1. The first kappa shape index (κ1) is 15.0. The topological polar surface area (TPSA) is 33.5 Å². The Balaban J connectivity index is 1.63. The van der Waals surface area contributed by atoms with Gasteiger partial charge in [-0.25, -0.2) is 0 Å². The number of rotatable bonds is 3. The maximum atomic E-state index is 12.8. The van der Waals surface area contributed by atoms with Gasteiger partial charge in [0.1, 0.15) is 11.3 Å². The summed E-state index contributed by atoms with van der Waals surface area (Å²) in [7, 11) is 1.82. The highest BCUT2D eigenvalue weighted by Gasteiger charge is 2.23. The summed E-state index contributed by atoms with van der Waals surface area (Å²) >= 11 is 1.53. The van der Waals surface area contributed by atoms with Gasteiger partial charge in [-0.05, 0) is 36.6 Å².